The van der Waals surface area contributed by atoms with Gasteiger partial charge in [-0.05, 0) is 19.4 Å². The number of rotatable bonds is 4. The Bertz CT molecular complexity index is 948. The van der Waals surface area contributed by atoms with E-state index < -0.39 is 10.8 Å². The summed E-state index contributed by atoms with van der Waals surface area (Å²) in [7, 11) is 0. The fourth-order valence-electron chi connectivity index (χ4n) is 2.25. The van der Waals surface area contributed by atoms with E-state index in [4.69, 9.17) is 0 Å². The van der Waals surface area contributed by atoms with Crippen LogP contribution in [0.2, 0.25) is 0 Å². The number of anilines is 1. The first-order chi connectivity index (χ1) is 11.9. The van der Waals surface area contributed by atoms with Gasteiger partial charge < -0.3 is 5.32 Å². The molecule has 0 radical (unpaired) electrons. The maximum absolute atomic E-state index is 12.4. The van der Waals surface area contributed by atoms with E-state index in [-0.39, 0.29) is 11.4 Å². The smallest absolute Gasteiger partial charge is 0.275 e. The molecular formula is C18H15N3O3S. The van der Waals surface area contributed by atoms with Gasteiger partial charge in [-0.1, -0.05) is 35.9 Å². The summed E-state index contributed by atoms with van der Waals surface area (Å²) < 4.78 is 0. The number of nitrogens with zero attached hydrogens (tertiary/aromatic N) is 2. The van der Waals surface area contributed by atoms with E-state index in [2.05, 4.69) is 10.3 Å². The highest BCUT2D eigenvalue weighted by molar-refractivity contribution is 7.13. The second-order valence-electron chi connectivity index (χ2n) is 5.61. The van der Waals surface area contributed by atoms with Gasteiger partial charge in [-0.2, -0.15) is 0 Å². The number of nitro groups is 1. The van der Waals surface area contributed by atoms with Crippen molar-refractivity contribution in [3.63, 3.8) is 0 Å². The Labute approximate surface area is 148 Å². The topological polar surface area (TPSA) is 85.1 Å². The van der Waals surface area contributed by atoms with Gasteiger partial charge >= 0.3 is 0 Å². The minimum Gasteiger partial charge on any atom is -0.320 e. The molecule has 126 valence electrons. The number of aromatic nitrogens is 1. The van der Waals surface area contributed by atoms with E-state index in [1.165, 1.54) is 23.5 Å². The number of thiazole rings is 1. The van der Waals surface area contributed by atoms with Gasteiger partial charge in [-0.25, -0.2) is 4.98 Å². The van der Waals surface area contributed by atoms with Crippen LogP contribution in [0.25, 0.3) is 10.6 Å². The Morgan fingerprint density at radius 2 is 1.88 bits per heavy atom. The van der Waals surface area contributed by atoms with E-state index in [1.807, 2.05) is 31.2 Å². The largest absolute Gasteiger partial charge is 0.320 e. The summed E-state index contributed by atoms with van der Waals surface area (Å²) in [6.45, 7) is 3.78. The number of carbonyl (C=O) groups excluding carboxylic acids is 1. The average Bonchev–Trinajstić information content (AvgIpc) is 3.07. The lowest BCUT2D eigenvalue weighted by Gasteiger charge is -2.06. The average molecular weight is 353 g/mol. The summed E-state index contributed by atoms with van der Waals surface area (Å²) in [6.07, 6.45) is 0. The molecule has 0 bridgehead atoms. The molecule has 2 aromatic carbocycles. The van der Waals surface area contributed by atoms with Gasteiger partial charge in [-0.15, -0.1) is 11.3 Å². The molecule has 1 N–H and O–H groups in total. The highest BCUT2D eigenvalue weighted by Gasteiger charge is 2.15. The van der Waals surface area contributed by atoms with Crippen LogP contribution < -0.4 is 5.32 Å². The van der Waals surface area contributed by atoms with Crippen LogP contribution in [-0.4, -0.2) is 15.8 Å². The normalized spacial score (nSPS) is 10.5. The molecule has 1 aromatic heterocycles. The minimum atomic E-state index is -0.493. The van der Waals surface area contributed by atoms with Crippen molar-refractivity contribution in [3.8, 4) is 10.6 Å². The molecule has 0 aliphatic heterocycles. The van der Waals surface area contributed by atoms with E-state index >= 15 is 0 Å². The number of non-ortho nitro benzene ring substituents is 1. The van der Waals surface area contributed by atoms with E-state index in [0.717, 1.165) is 21.7 Å². The third kappa shape index (κ3) is 3.72. The quantitative estimate of drug-likeness (QED) is 0.549. The molecule has 6 nitrogen and oxygen atoms in total. The zero-order valence-electron chi connectivity index (χ0n) is 13.6. The van der Waals surface area contributed by atoms with Crippen LogP contribution in [0.1, 0.15) is 21.6 Å². The SMILES string of the molecule is Cc1ccc(-c2nc(C(=O)Nc3cc([N+](=O)[O-])ccc3C)cs2)cc1. The molecule has 0 spiro atoms. The predicted molar refractivity (Wildman–Crippen MR) is 98.1 cm³/mol. The van der Waals surface area contributed by atoms with Crippen LogP contribution >= 0.6 is 11.3 Å². The number of aryl methyl sites for hydroxylation is 2. The first-order valence-corrected chi connectivity index (χ1v) is 8.41. The first-order valence-electron chi connectivity index (χ1n) is 7.53. The van der Waals surface area contributed by atoms with Crippen molar-refractivity contribution in [1.82, 2.24) is 4.98 Å². The van der Waals surface area contributed by atoms with Crippen LogP contribution in [-0.2, 0) is 0 Å². The number of hydrogen-bond acceptors (Lipinski definition) is 5. The molecule has 0 aliphatic carbocycles. The van der Waals surface area contributed by atoms with E-state index in [9.17, 15) is 14.9 Å². The molecule has 1 amide bonds. The number of hydrogen-bond donors (Lipinski definition) is 1. The van der Waals surface area contributed by atoms with Gasteiger partial charge in [0.2, 0.25) is 0 Å². The standard InChI is InChI=1S/C18H15N3O3S/c1-11-3-6-13(7-4-11)18-20-16(10-25-18)17(22)19-15-9-14(21(23)24)8-5-12(15)2/h3-10H,1-2H3,(H,19,22). The maximum Gasteiger partial charge on any atom is 0.275 e. The van der Waals surface area contributed by atoms with Crippen LogP contribution in [0.15, 0.2) is 47.8 Å². The molecule has 1 heterocycles. The summed E-state index contributed by atoms with van der Waals surface area (Å²) in [5, 5.41) is 16.0. The zero-order valence-corrected chi connectivity index (χ0v) is 14.5. The molecule has 3 aromatic rings. The lowest BCUT2D eigenvalue weighted by molar-refractivity contribution is -0.384. The van der Waals surface area contributed by atoms with Crippen molar-refractivity contribution in [1.29, 1.82) is 0 Å². The van der Waals surface area contributed by atoms with Crippen molar-refractivity contribution >= 4 is 28.6 Å². The van der Waals surface area contributed by atoms with Crippen LogP contribution in [0, 0.1) is 24.0 Å². The highest BCUT2D eigenvalue weighted by Crippen LogP contribution is 2.26. The van der Waals surface area contributed by atoms with Crippen molar-refractivity contribution in [2.45, 2.75) is 13.8 Å². The molecule has 25 heavy (non-hydrogen) atoms. The van der Waals surface area contributed by atoms with Gasteiger partial charge in [0.25, 0.3) is 11.6 Å². The van der Waals surface area contributed by atoms with Crippen molar-refractivity contribution in [2.75, 3.05) is 5.32 Å². The van der Waals surface area contributed by atoms with Crippen molar-refractivity contribution in [3.05, 3.63) is 74.8 Å². The molecule has 0 atom stereocenters. The lowest BCUT2D eigenvalue weighted by Crippen LogP contribution is -2.13. The highest BCUT2D eigenvalue weighted by atomic mass is 32.1. The molecule has 0 saturated heterocycles. The Morgan fingerprint density at radius 1 is 1.16 bits per heavy atom. The second kappa shape index (κ2) is 6.82. The number of carbonyl (C=O) groups is 1. The molecule has 0 aliphatic rings. The van der Waals surface area contributed by atoms with Gasteiger partial charge in [0.15, 0.2) is 0 Å². The number of amides is 1. The van der Waals surface area contributed by atoms with Crippen LogP contribution in [0.4, 0.5) is 11.4 Å². The van der Waals surface area contributed by atoms with Crippen LogP contribution in [0.3, 0.4) is 0 Å². The summed E-state index contributed by atoms with van der Waals surface area (Å²) in [6, 6.07) is 12.3. The monoisotopic (exact) mass is 353 g/mol. The summed E-state index contributed by atoms with van der Waals surface area (Å²) >= 11 is 1.38. The van der Waals surface area contributed by atoms with Gasteiger partial charge in [-0.3, -0.25) is 14.9 Å². The molecule has 3 rings (SSSR count). The Hall–Kier alpha value is -3.06. The fraction of sp³-hybridized carbons (Fsp3) is 0.111. The van der Waals surface area contributed by atoms with Crippen molar-refractivity contribution < 1.29 is 9.72 Å². The Balaban J connectivity index is 1.82. The summed E-state index contributed by atoms with van der Waals surface area (Å²) in [5.74, 6) is -0.391. The second-order valence-corrected chi connectivity index (χ2v) is 6.47. The van der Waals surface area contributed by atoms with E-state index in [1.54, 1.807) is 18.4 Å². The van der Waals surface area contributed by atoms with Gasteiger partial charge in [0.05, 0.1) is 10.6 Å². The van der Waals surface area contributed by atoms with Gasteiger partial charge in [0, 0.05) is 23.1 Å². The predicted octanol–water partition coefficient (Wildman–Crippen LogP) is 4.59. The molecular weight excluding hydrogens is 338 g/mol. The maximum atomic E-state index is 12.4. The zero-order chi connectivity index (χ0) is 18.0. The van der Waals surface area contributed by atoms with Crippen LogP contribution in [0.5, 0.6) is 0 Å². The lowest BCUT2D eigenvalue weighted by atomic mass is 10.1. The Kier molecular flexibility index (Phi) is 4.58. The van der Waals surface area contributed by atoms with Gasteiger partial charge in [0.1, 0.15) is 10.7 Å². The summed E-state index contributed by atoms with van der Waals surface area (Å²) in [5.41, 5.74) is 3.46. The van der Waals surface area contributed by atoms with E-state index in [0.29, 0.717) is 5.69 Å². The minimum absolute atomic E-state index is 0.0699. The Morgan fingerprint density at radius 3 is 2.56 bits per heavy atom. The fourth-order valence-corrected chi connectivity index (χ4v) is 3.06. The molecule has 0 unspecified atom stereocenters. The number of benzene rings is 2. The molecule has 7 heteroatoms. The molecule has 0 fully saturated rings. The first kappa shape index (κ1) is 16.8. The third-order valence-corrected chi connectivity index (χ3v) is 4.61. The molecule has 0 saturated carbocycles. The number of nitrogens with one attached hydrogen (secondary N) is 1. The van der Waals surface area contributed by atoms with Crippen molar-refractivity contribution in [2.24, 2.45) is 0 Å². The summed E-state index contributed by atoms with van der Waals surface area (Å²) in [4.78, 5) is 27.2. The number of nitro benzene ring substituents is 1. The third-order valence-electron chi connectivity index (χ3n) is 3.72.